The van der Waals surface area contributed by atoms with Gasteiger partial charge >= 0.3 is 0 Å². The van der Waals surface area contributed by atoms with Crippen LogP contribution in [-0.4, -0.2) is 30.0 Å². The summed E-state index contributed by atoms with van der Waals surface area (Å²) in [6, 6.07) is 11.1. The minimum absolute atomic E-state index is 0.00505. The smallest absolute Gasteiger partial charge is 0.264 e. The van der Waals surface area contributed by atoms with E-state index in [4.69, 9.17) is 11.6 Å². The highest BCUT2D eigenvalue weighted by Crippen LogP contribution is 2.29. The van der Waals surface area contributed by atoms with Gasteiger partial charge < -0.3 is 5.32 Å². The summed E-state index contributed by atoms with van der Waals surface area (Å²) in [6.07, 6.45) is 0. The van der Waals surface area contributed by atoms with Crippen molar-refractivity contribution in [2.45, 2.75) is 23.9 Å². The zero-order chi connectivity index (χ0) is 22.6. The van der Waals surface area contributed by atoms with Crippen LogP contribution in [0.15, 0.2) is 58.6 Å². The van der Waals surface area contributed by atoms with Gasteiger partial charge in [0.25, 0.3) is 10.0 Å². The number of nitrogens with zero attached hydrogens (tertiary/aromatic N) is 2. The molecule has 7 nitrogen and oxygen atoms in total. The number of hydrogen-bond acceptors (Lipinski definition) is 6. The molecule has 0 saturated carbocycles. The number of carbonyl (C=O) groups excluding carboxylic acids is 1. The lowest BCUT2D eigenvalue weighted by Crippen LogP contribution is -2.19. The first kappa shape index (κ1) is 23.0. The van der Waals surface area contributed by atoms with Crippen LogP contribution in [0.3, 0.4) is 0 Å². The number of halogens is 2. The van der Waals surface area contributed by atoms with Crippen molar-refractivity contribution in [2.24, 2.45) is 0 Å². The van der Waals surface area contributed by atoms with Crippen LogP contribution in [0.2, 0.25) is 5.02 Å². The molecule has 0 radical (unpaired) electrons. The van der Waals surface area contributed by atoms with Crippen LogP contribution >= 0.6 is 23.4 Å². The van der Waals surface area contributed by atoms with Gasteiger partial charge in [0.1, 0.15) is 10.7 Å². The molecule has 1 amide bonds. The van der Waals surface area contributed by atoms with Crippen LogP contribution in [0.4, 0.5) is 15.8 Å². The summed E-state index contributed by atoms with van der Waals surface area (Å²) in [7, 11) is -4.22. The van der Waals surface area contributed by atoms with Gasteiger partial charge in [-0.05, 0) is 50.2 Å². The van der Waals surface area contributed by atoms with Crippen molar-refractivity contribution in [3.05, 3.63) is 70.8 Å². The normalized spacial score (nSPS) is 11.2. The molecule has 0 aliphatic heterocycles. The Bertz CT molecular complexity index is 1220. The second kappa shape index (κ2) is 9.63. The fourth-order valence-corrected chi connectivity index (χ4v) is 4.73. The van der Waals surface area contributed by atoms with Gasteiger partial charge in [-0.15, -0.1) is 0 Å². The third-order valence-corrected chi connectivity index (χ3v) is 6.40. The molecule has 1 aromatic heterocycles. The molecule has 11 heteroatoms. The first-order valence-electron chi connectivity index (χ1n) is 8.96. The number of thioether (sulfide) groups is 1. The maximum absolute atomic E-state index is 14.0. The maximum Gasteiger partial charge on any atom is 0.264 e. The van der Waals surface area contributed by atoms with E-state index in [1.54, 1.807) is 0 Å². The molecule has 2 N–H and O–H groups in total. The number of anilines is 2. The molecule has 0 fully saturated rings. The van der Waals surface area contributed by atoms with Crippen molar-refractivity contribution in [1.82, 2.24) is 9.97 Å². The van der Waals surface area contributed by atoms with E-state index < -0.39 is 26.6 Å². The third kappa shape index (κ3) is 6.16. The number of sulfonamides is 1. The predicted octanol–water partition coefficient (Wildman–Crippen LogP) is 4.42. The van der Waals surface area contributed by atoms with E-state index in [-0.39, 0.29) is 22.2 Å². The summed E-state index contributed by atoms with van der Waals surface area (Å²) in [5.41, 5.74) is 1.76. The Morgan fingerprint density at radius 1 is 1.06 bits per heavy atom. The molecule has 162 valence electrons. The molecule has 0 saturated heterocycles. The zero-order valence-electron chi connectivity index (χ0n) is 16.5. The molecule has 0 spiro atoms. The molecular weight excluding hydrogens is 463 g/mol. The molecule has 0 aliphatic carbocycles. The first-order chi connectivity index (χ1) is 14.6. The lowest BCUT2D eigenvalue weighted by molar-refractivity contribution is -0.113. The van der Waals surface area contributed by atoms with Crippen molar-refractivity contribution in [1.29, 1.82) is 0 Å². The van der Waals surface area contributed by atoms with E-state index in [1.165, 1.54) is 30.3 Å². The second-order valence-electron chi connectivity index (χ2n) is 6.50. The lowest BCUT2D eigenvalue weighted by atomic mass is 10.2. The van der Waals surface area contributed by atoms with Gasteiger partial charge in [-0.2, -0.15) is 0 Å². The summed E-state index contributed by atoms with van der Waals surface area (Å²) in [6.45, 7) is 3.66. The number of hydrogen-bond donors (Lipinski definition) is 2. The van der Waals surface area contributed by atoms with Crippen molar-refractivity contribution in [2.75, 3.05) is 15.8 Å². The Morgan fingerprint density at radius 2 is 1.74 bits per heavy atom. The van der Waals surface area contributed by atoms with Crippen molar-refractivity contribution in [3.63, 3.8) is 0 Å². The SMILES string of the molecule is Cc1cc(C)nc(SCC(=O)Nc2cc(Cl)ccc2NS(=O)(=O)c2ccccc2F)n1. The highest BCUT2D eigenvalue weighted by atomic mass is 35.5. The summed E-state index contributed by atoms with van der Waals surface area (Å²) >= 11 is 7.15. The maximum atomic E-state index is 14.0. The highest BCUT2D eigenvalue weighted by molar-refractivity contribution is 7.99. The van der Waals surface area contributed by atoms with Crippen LogP contribution in [0.1, 0.15) is 11.4 Å². The highest BCUT2D eigenvalue weighted by Gasteiger charge is 2.20. The quantitative estimate of drug-likeness (QED) is 0.383. The summed E-state index contributed by atoms with van der Waals surface area (Å²) in [5, 5.41) is 3.36. The average molecular weight is 481 g/mol. The second-order valence-corrected chi connectivity index (χ2v) is 9.53. The van der Waals surface area contributed by atoms with E-state index in [9.17, 15) is 17.6 Å². The Balaban J connectivity index is 1.77. The van der Waals surface area contributed by atoms with Gasteiger partial charge in [-0.1, -0.05) is 35.5 Å². The molecule has 0 aliphatic rings. The Labute approximate surface area is 188 Å². The summed E-state index contributed by atoms with van der Waals surface area (Å²) < 4.78 is 41.5. The molecule has 0 unspecified atom stereocenters. The van der Waals surface area contributed by atoms with Crippen LogP contribution in [0.5, 0.6) is 0 Å². The zero-order valence-corrected chi connectivity index (χ0v) is 18.9. The van der Waals surface area contributed by atoms with E-state index >= 15 is 0 Å². The van der Waals surface area contributed by atoms with Gasteiger partial charge in [0, 0.05) is 16.4 Å². The summed E-state index contributed by atoms with van der Waals surface area (Å²) in [5.74, 6) is -1.31. The molecular formula is C20H18ClFN4O3S2. The topological polar surface area (TPSA) is 101 Å². The van der Waals surface area contributed by atoms with E-state index in [0.29, 0.717) is 5.16 Å². The van der Waals surface area contributed by atoms with E-state index in [1.807, 2.05) is 19.9 Å². The molecule has 1 heterocycles. The molecule has 0 atom stereocenters. The number of amides is 1. The fraction of sp³-hybridized carbons (Fsp3) is 0.150. The Hall–Kier alpha value is -2.69. The van der Waals surface area contributed by atoms with Gasteiger partial charge in [-0.25, -0.2) is 22.8 Å². The monoisotopic (exact) mass is 480 g/mol. The molecule has 3 aromatic rings. The average Bonchev–Trinajstić information content (AvgIpc) is 2.68. The molecule has 2 aromatic carbocycles. The molecule has 31 heavy (non-hydrogen) atoms. The largest absolute Gasteiger partial charge is 0.323 e. The number of rotatable bonds is 7. The van der Waals surface area contributed by atoms with Crippen LogP contribution in [0, 0.1) is 19.7 Å². The summed E-state index contributed by atoms with van der Waals surface area (Å²) in [4.78, 5) is 20.4. The standard InChI is InChI=1S/C20H18ClFN4O3S2/c1-12-9-13(2)24-20(23-12)30-11-19(27)25-17-10-14(21)7-8-16(17)26-31(28,29)18-6-4-3-5-15(18)22/h3-10,26H,11H2,1-2H3,(H,25,27). The number of nitrogens with one attached hydrogen (secondary N) is 2. The van der Waals surface area contributed by atoms with Crippen molar-refractivity contribution in [3.8, 4) is 0 Å². The van der Waals surface area contributed by atoms with E-state index in [2.05, 4.69) is 20.0 Å². The van der Waals surface area contributed by atoms with Crippen molar-refractivity contribution >= 4 is 50.7 Å². The number of aryl methyl sites for hydroxylation is 2. The fourth-order valence-electron chi connectivity index (χ4n) is 2.65. The van der Waals surface area contributed by atoms with Gasteiger partial charge in [0.2, 0.25) is 5.91 Å². The predicted molar refractivity (Wildman–Crippen MR) is 120 cm³/mol. The minimum atomic E-state index is -4.22. The van der Waals surface area contributed by atoms with E-state index in [0.717, 1.165) is 35.3 Å². The first-order valence-corrected chi connectivity index (χ1v) is 11.8. The Kier molecular flexibility index (Phi) is 7.14. The van der Waals surface area contributed by atoms with Gasteiger partial charge in [0.05, 0.1) is 17.1 Å². The molecule has 0 bridgehead atoms. The van der Waals surface area contributed by atoms with Gasteiger partial charge in [0.15, 0.2) is 5.16 Å². The van der Waals surface area contributed by atoms with Crippen molar-refractivity contribution < 1.29 is 17.6 Å². The Morgan fingerprint density at radius 3 is 2.42 bits per heavy atom. The van der Waals surface area contributed by atoms with Crippen LogP contribution in [-0.2, 0) is 14.8 Å². The number of benzene rings is 2. The minimum Gasteiger partial charge on any atom is -0.323 e. The number of aromatic nitrogens is 2. The third-order valence-electron chi connectivity index (χ3n) is 3.92. The molecule has 3 rings (SSSR count). The van der Waals surface area contributed by atoms with Crippen LogP contribution in [0.25, 0.3) is 0 Å². The lowest BCUT2D eigenvalue weighted by Gasteiger charge is -2.14. The van der Waals surface area contributed by atoms with Crippen LogP contribution < -0.4 is 10.0 Å². The van der Waals surface area contributed by atoms with Gasteiger partial charge in [-0.3, -0.25) is 9.52 Å². The number of carbonyl (C=O) groups is 1.